The molecule has 0 radical (unpaired) electrons. The van der Waals surface area contributed by atoms with E-state index in [0.717, 1.165) is 41.8 Å². The average Bonchev–Trinajstić information content (AvgIpc) is 2.81. The van der Waals surface area contributed by atoms with E-state index in [2.05, 4.69) is 29.1 Å². The quantitative estimate of drug-likeness (QED) is 0.484. The van der Waals surface area contributed by atoms with E-state index >= 15 is 0 Å². The SMILES string of the molecule is C=C(C)Cn1c(CCCNC(=O)C(=C)C)nc2ccccc21. The van der Waals surface area contributed by atoms with Gasteiger partial charge in [0, 0.05) is 25.1 Å². The van der Waals surface area contributed by atoms with Crippen LogP contribution in [0, 0.1) is 0 Å². The van der Waals surface area contributed by atoms with Crippen molar-refractivity contribution in [2.24, 2.45) is 0 Å². The second kappa shape index (κ2) is 7.07. The number of amides is 1. The fourth-order valence-corrected chi connectivity index (χ4v) is 2.36. The van der Waals surface area contributed by atoms with E-state index in [1.807, 2.05) is 25.1 Å². The first kappa shape index (κ1) is 16.0. The normalized spacial score (nSPS) is 10.6. The molecule has 0 aliphatic carbocycles. The molecular formula is C18H23N3O. The Balaban J connectivity index is 2.08. The first-order valence-electron chi connectivity index (χ1n) is 7.51. The Hall–Kier alpha value is -2.36. The van der Waals surface area contributed by atoms with Crippen LogP contribution >= 0.6 is 0 Å². The number of hydrogen-bond donors (Lipinski definition) is 1. The zero-order valence-corrected chi connectivity index (χ0v) is 13.4. The number of fused-ring (bicyclic) bond motifs is 1. The molecule has 0 unspecified atom stereocenters. The molecule has 116 valence electrons. The smallest absolute Gasteiger partial charge is 0.246 e. The average molecular weight is 297 g/mol. The molecular weight excluding hydrogens is 274 g/mol. The molecule has 0 saturated heterocycles. The Labute approximate surface area is 131 Å². The fraction of sp³-hybridized carbons (Fsp3) is 0.333. The first-order valence-corrected chi connectivity index (χ1v) is 7.51. The highest BCUT2D eigenvalue weighted by atomic mass is 16.1. The Kier molecular flexibility index (Phi) is 5.15. The summed E-state index contributed by atoms with van der Waals surface area (Å²) in [6.45, 7) is 12.8. The minimum absolute atomic E-state index is 0.0876. The Morgan fingerprint density at radius 2 is 2.00 bits per heavy atom. The molecule has 0 aliphatic heterocycles. The minimum atomic E-state index is -0.0876. The lowest BCUT2D eigenvalue weighted by atomic mass is 10.2. The molecule has 0 aliphatic rings. The van der Waals surface area contributed by atoms with Gasteiger partial charge in [-0.1, -0.05) is 30.9 Å². The Morgan fingerprint density at radius 3 is 2.68 bits per heavy atom. The molecule has 1 aromatic carbocycles. The third kappa shape index (κ3) is 3.85. The standard InChI is InChI=1S/C18H23N3O/c1-13(2)12-21-16-9-6-5-8-15(16)20-17(21)10-7-11-19-18(22)14(3)4/h5-6,8-9H,1,3,7,10-12H2,2,4H3,(H,19,22). The van der Waals surface area contributed by atoms with Crippen LogP contribution in [0.5, 0.6) is 0 Å². The summed E-state index contributed by atoms with van der Waals surface area (Å²) >= 11 is 0. The van der Waals surface area contributed by atoms with Crippen molar-refractivity contribution in [3.63, 3.8) is 0 Å². The van der Waals surface area contributed by atoms with Gasteiger partial charge in [-0.3, -0.25) is 4.79 Å². The van der Waals surface area contributed by atoms with Gasteiger partial charge in [0.05, 0.1) is 11.0 Å². The number of carbonyl (C=O) groups excluding carboxylic acids is 1. The molecule has 2 rings (SSSR count). The van der Waals surface area contributed by atoms with Gasteiger partial charge < -0.3 is 9.88 Å². The first-order chi connectivity index (χ1) is 10.5. The molecule has 0 saturated carbocycles. The number of hydrogen-bond acceptors (Lipinski definition) is 2. The van der Waals surface area contributed by atoms with Crippen LogP contribution in [0.1, 0.15) is 26.1 Å². The number of benzene rings is 1. The number of allylic oxidation sites excluding steroid dienone is 1. The van der Waals surface area contributed by atoms with Gasteiger partial charge in [-0.05, 0) is 32.4 Å². The van der Waals surface area contributed by atoms with Crippen molar-refractivity contribution in [2.45, 2.75) is 33.2 Å². The van der Waals surface area contributed by atoms with Gasteiger partial charge in [0.2, 0.25) is 5.91 Å². The third-order valence-electron chi connectivity index (χ3n) is 3.41. The Bertz CT molecular complexity index is 712. The number of aryl methyl sites for hydroxylation is 1. The topological polar surface area (TPSA) is 46.9 Å². The molecule has 0 spiro atoms. The summed E-state index contributed by atoms with van der Waals surface area (Å²) < 4.78 is 2.21. The highest BCUT2D eigenvalue weighted by Gasteiger charge is 2.10. The summed E-state index contributed by atoms with van der Waals surface area (Å²) in [4.78, 5) is 16.2. The van der Waals surface area contributed by atoms with E-state index in [1.54, 1.807) is 6.92 Å². The molecule has 0 fully saturated rings. The molecule has 0 atom stereocenters. The lowest BCUT2D eigenvalue weighted by Crippen LogP contribution is -2.25. The van der Waals surface area contributed by atoms with E-state index in [4.69, 9.17) is 4.98 Å². The summed E-state index contributed by atoms with van der Waals surface area (Å²) in [7, 11) is 0. The molecule has 2 aromatic rings. The van der Waals surface area contributed by atoms with Crippen LogP contribution in [0.4, 0.5) is 0 Å². The maximum atomic E-state index is 11.5. The molecule has 1 N–H and O–H groups in total. The lowest BCUT2D eigenvalue weighted by Gasteiger charge is -2.09. The highest BCUT2D eigenvalue weighted by Crippen LogP contribution is 2.18. The van der Waals surface area contributed by atoms with Crippen molar-refractivity contribution in [1.29, 1.82) is 0 Å². The van der Waals surface area contributed by atoms with Crippen LogP contribution in [0.2, 0.25) is 0 Å². The third-order valence-corrected chi connectivity index (χ3v) is 3.41. The second-order valence-electron chi connectivity index (χ2n) is 5.70. The maximum Gasteiger partial charge on any atom is 0.246 e. The molecule has 1 aromatic heterocycles. The van der Waals surface area contributed by atoms with Crippen LogP contribution in [-0.4, -0.2) is 22.0 Å². The number of aromatic nitrogens is 2. The van der Waals surface area contributed by atoms with Crippen molar-refractivity contribution in [3.8, 4) is 0 Å². The molecule has 22 heavy (non-hydrogen) atoms. The van der Waals surface area contributed by atoms with Crippen LogP contribution in [0.15, 0.2) is 48.6 Å². The zero-order valence-electron chi connectivity index (χ0n) is 13.4. The van der Waals surface area contributed by atoms with Crippen molar-refractivity contribution in [1.82, 2.24) is 14.9 Å². The highest BCUT2D eigenvalue weighted by molar-refractivity contribution is 5.92. The summed E-state index contributed by atoms with van der Waals surface area (Å²) in [5.74, 6) is 0.948. The lowest BCUT2D eigenvalue weighted by molar-refractivity contribution is -0.117. The number of rotatable bonds is 7. The van der Waals surface area contributed by atoms with Gasteiger partial charge in [0.25, 0.3) is 0 Å². The van der Waals surface area contributed by atoms with Gasteiger partial charge >= 0.3 is 0 Å². The van der Waals surface area contributed by atoms with E-state index in [9.17, 15) is 4.79 Å². The van der Waals surface area contributed by atoms with Crippen molar-refractivity contribution >= 4 is 16.9 Å². The number of nitrogens with one attached hydrogen (secondary N) is 1. The van der Waals surface area contributed by atoms with E-state index < -0.39 is 0 Å². The zero-order chi connectivity index (χ0) is 16.1. The van der Waals surface area contributed by atoms with Crippen LogP contribution in [-0.2, 0) is 17.8 Å². The second-order valence-corrected chi connectivity index (χ2v) is 5.70. The van der Waals surface area contributed by atoms with Gasteiger partial charge in [-0.15, -0.1) is 0 Å². The van der Waals surface area contributed by atoms with Gasteiger partial charge in [0.15, 0.2) is 0 Å². The van der Waals surface area contributed by atoms with Crippen molar-refractivity contribution in [2.75, 3.05) is 6.54 Å². The largest absolute Gasteiger partial charge is 0.352 e. The van der Waals surface area contributed by atoms with Gasteiger partial charge in [-0.2, -0.15) is 0 Å². The number of para-hydroxylation sites is 2. The summed E-state index contributed by atoms with van der Waals surface area (Å²) in [5, 5.41) is 2.85. The summed E-state index contributed by atoms with van der Waals surface area (Å²) in [5.41, 5.74) is 3.77. The molecule has 4 nitrogen and oxygen atoms in total. The number of nitrogens with zero attached hydrogens (tertiary/aromatic N) is 2. The summed E-state index contributed by atoms with van der Waals surface area (Å²) in [6.07, 6.45) is 1.66. The van der Waals surface area contributed by atoms with E-state index in [1.165, 1.54) is 0 Å². The minimum Gasteiger partial charge on any atom is -0.352 e. The predicted molar refractivity (Wildman–Crippen MR) is 90.7 cm³/mol. The number of imidazole rings is 1. The Morgan fingerprint density at radius 1 is 1.27 bits per heavy atom. The van der Waals surface area contributed by atoms with Crippen LogP contribution in [0.25, 0.3) is 11.0 Å². The monoisotopic (exact) mass is 297 g/mol. The molecule has 1 heterocycles. The van der Waals surface area contributed by atoms with Gasteiger partial charge in [-0.25, -0.2) is 4.98 Å². The van der Waals surface area contributed by atoms with E-state index in [0.29, 0.717) is 12.1 Å². The van der Waals surface area contributed by atoms with Gasteiger partial charge in [0.1, 0.15) is 5.82 Å². The van der Waals surface area contributed by atoms with Crippen LogP contribution < -0.4 is 5.32 Å². The molecule has 0 bridgehead atoms. The van der Waals surface area contributed by atoms with Crippen molar-refractivity contribution in [3.05, 3.63) is 54.4 Å². The van der Waals surface area contributed by atoms with Crippen LogP contribution in [0.3, 0.4) is 0 Å². The predicted octanol–water partition coefficient (Wildman–Crippen LogP) is 3.24. The van der Waals surface area contributed by atoms with E-state index in [-0.39, 0.29) is 5.91 Å². The fourth-order valence-electron chi connectivity index (χ4n) is 2.36. The van der Waals surface area contributed by atoms with Crippen molar-refractivity contribution < 1.29 is 4.79 Å². The number of carbonyl (C=O) groups is 1. The maximum absolute atomic E-state index is 11.5. The summed E-state index contributed by atoms with van der Waals surface area (Å²) in [6, 6.07) is 8.13. The molecule has 4 heteroatoms. The molecule has 1 amide bonds.